The number of benzene rings is 2. The summed E-state index contributed by atoms with van der Waals surface area (Å²) in [5.74, 6) is -0.208. The standard InChI is InChI=1S/C23H26ClN5O2S/c24-20-8-6-19(7-9-20)22(18-4-2-1-3-5-18)29-12-10-28(11-13-29)14-15-31-16-21(30)26-23-27-25-17-32-23/h1-9,17,22H,10-16H2,(H,26,27,30)/t22-/m1/s1. The van der Waals surface area contributed by atoms with E-state index in [-0.39, 0.29) is 18.6 Å². The van der Waals surface area contributed by atoms with E-state index in [1.807, 2.05) is 12.1 Å². The Bertz CT molecular complexity index is 964. The Kier molecular flexibility index (Phi) is 8.19. The first kappa shape index (κ1) is 22.8. The van der Waals surface area contributed by atoms with Gasteiger partial charge in [-0.25, -0.2) is 0 Å². The maximum Gasteiger partial charge on any atom is 0.252 e. The summed E-state index contributed by atoms with van der Waals surface area (Å²) in [6.07, 6.45) is 0. The van der Waals surface area contributed by atoms with Gasteiger partial charge in [0, 0.05) is 37.7 Å². The Hall–Kier alpha value is -2.36. The van der Waals surface area contributed by atoms with E-state index in [0.717, 1.165) is 37.7 Å². The zero-order valence-electron chi connectivity index (χ0n) is 17.7. The lowest BCUT2D eigenvalue weighted by molar-refractivity contribution is -0.120. The quantitative estimate of drug-likeness (QED) is 0.481. The molecule has 1 N–H and O–H groups in total. The van der Waals surface area contributed by atoms with E-state index in [2.05, 4.69) is 67.8 Å². The number of rotatable bonds is 9. The van der Waals surface area contributed by atoms with Crippen molar-refractivity contribution in [2.75, 3.05) is 51.3 Å². The summed E-state index contributed by atoms with van der Waals surface area (Å²) in [5, 5.41) is 11.4. The van der Waals surface area contributed by atoms with Crippen LogP contribution in [0.15, 0.2) is 60.1 Å². The van der Waals surface area contributed by atoms with Gasteiger partial charge in [-0.1, -0.05) is 65.4 Å². The Balaban J connectivity index is 1.26. The second-order valence-electron chi connectivity index (χ2n) is 7.59. The molecule has 0 spiro atoms. The highest BCUT2D eigenvalue weighted by atomic mass is 35.5. The van der Waals surface area contributed by atoms with Crippen molar-refractivity contribution in [1.29, 1.82) is 0 Å². The molecule has 1 saturated heterocycles. The van der Waals surface area contributed by atoms with Gasteiger partial charge in [0.05, 0.1) is 12.6 Å². The van der Waals surface area contributed by atoms with Gasteiger partial charge in [0.2, 0.25) is 5.13 Å². The second-order valence-corrected chi connectivity index (χ2v) is 8.86. The smallest absolute Gasteiger partial charge is 0.252 e. The zero-order chi connectivity index (χ0) is 22.2. The van der Waals surface area contributed by atoms with Crippen LogP contribution in [0.3, 0.4) is 0 Å². The van der Waals surface area contributed by atoms with Crippen molar-refractivity contribution >= 4 is 34.0 Å². The maximum absolute atomic E-state index is 11.8. The summed E-state index contributed by atoms with van der Waals surface area (Å²) in [4.78, 5) is 16.7. The first-order valence-electron chi connectivity index (χ1n) is 10.6. The minimum Gasteiger partial charge on any atom is -0.370 e. The topological polar surface area (TPSA) is 70.6 Å². The van der Waals surface area contributed by atoms with Crippen molar-refractivity contribution in [2.24, 2.45) is 0 Å². The SMILES string of the molecule is O=C(COCCN1CCN([C@H](c2ccccc2)c2ccc(Cl)cc2)CC1)Nc1nncs1. The molecule has 3 aromatic rings. The molecule has 7 nitrogen and oxygen atoms in total. The highest BCUT2D eigenvalue weighted by Crippen LogP contribution is 2.30. The van der Waals surface area contributed by atoms with Crippen molar-refractivity contribution in [3.63, 3.8) is 0 Å². The number of hydrogen-bond donors (Lipinski definition) is 1. The molecular formula is C23H26ClN5O2S. The summed E-state index contributed by atoms with van der Waals surface area (Å²) in [6, 6.07) is 19.0. The van der Waals surface area contributed by atoms with E-state index in [1.165, 1.54) is 22.5 Å². The number of aromatic nitrogens is 2. The molecule has 9 heteroatoms. The highest BCUT2D eigenvalue weighted by molar-refractivity contribution is 7.13. The monoisotopic (exact) mass is 471 g/mol. The highest BCUT2D eigenvalue weighted by Gasteiger charge is 2.26. The predicted octanol–water partition coefficient (Wildman–Crippen LogP) is 3.55. The second kappa shape index (κ2) is 11.5. The van der Waals surface area contributed by atoms with Gasteiger partial charge < -0.3 is 4.74 Å². The fourth-order valence-corrected chi connectivity index (χ4v) is 4.47. The molecule has 0 bridgehead atoms. The number of nitrogens with zero attached hydrogens (tertiary/aromatic N) is 4. The minimum absolute atomic E-state index is 0.0200. The van der Waals surface area contributed by atoms with Crippen molar-refractivity contribution in [3.05, 3.63) is 76.3 Å². The average Bonchev–Trinajstić information content (AvgIpc) is 3.33. The van der Waals surface area contributed by atoms with Crippen LogP contribution in [-0.4, -0.2) is 71.8 Å². The van der Waals surface area contributed by atoms with E-state index in [0.29, 0.717) is 11.7 Å². The van der Waals surface area contributed by atoms with E-state index in [4.69, 9.17) is 16.3 Å². The Labute approximate surface area is 197 Å². The molecule has 0 aliphatic carbocycles. The Morgan fingerprint density at radius 3 is 2.47 bits per heavy atom. The van der Waals surface area contributed by atoms with Gasteiger partial charge in [-0.15, -0.1) is 10.2 Å². The van der Waals surface area contributed by atoms with Crippen LogP contribution in [0.1, 0.15) is 17.2 Å². The number of carbonyl (C=O) groups is 1. The summed E-state index contributed by atoms with van der Waals surface area (Å²) in [6.45, 7) is 5.17. The molecule has 0 radical (unpaired) electrons. The molecule has 168 valence electrons. The van der Waals surface area contributed by atoms with Crippen molar-refractivity contribution < 1.29 is 9.53 Å². The van der Waals surface area contributed by atoms with Gasteiger partial charge in [-0.3, -0.25) is 19.9 Å². The Morgan fingerprint density at radius 2 is 1.78 bits per heavy atom. The molecule has 1 aliphatic rings. The van der Waals surface area contributed by atoms with Crippen LogP contribution in [0.25, 0.3) is 0 Å². The number of anilines is 1. The molecule has 1 aromatic heterocycles. The molecule has 1 aliphatic heterocycles. The van der Waals surface area contributed by atoms with Crippen LogP contribution < -0.4 is 5.32 Å². The number of piperazine rings is 1. The lowest BCUT2D eigenvalue weighted by Crippen LogP contribution is -2.48. The van der Waals surface area contributed by atoms with E-state index in [9.17, 15) is 4.79 Å². The van der Waals surface area contributed by atoms with Gasteiger partial charge in [-0.2, -0.15) is 0 Å². The van der Waals surface area contributed by atoms with Crippen molar-refractivity contribution in [2.45, 2.75) is 6.04 Å². The number of halogens is 1. The molecule has 32 heavy (non-hydrogen) atoms. The zero-order valence-corrected chi connectivity index (χ0v) is 19.3. The average molecular weight is 472 g/mol. The van der Waals surface area contributed by atoms with Crippen LogP contribution in [0.2, 0.25) is 5.02 Å². The maximum atomic E-state index is 11.8. The molecule has 1 atom stereocenters. The van der Waals surface area contributed by atoms with Crippen LogP contribution in [0.5, 0.6) is 0 Å². The van der Waals surface area contributed by atoms with Gasteiger partial charge in [0.1, 0.15) is 12.1 Å². The third-order valence-corrected chi connectivity index (χ3v) is 6.32. The lowest BCUT2D eigenvalue weighted by Gasteiger charge is -2.39. The molecule has 2 aromatic carbocycles. The molecule has 2 heterocycles. The van der Waals surface area contributed by atoms with Gasteiger partial charge in [0.15, 0.2) is 0 Å². The number of hydrogen-bond acceptors (Lipinski definition) is 7. The normalized spacial score (nSPS) is 16.0. The summed E-state index contributed by atoms with van der Waals surface area (Å²) < 4.78 is 5.55. The third-order valence-electron chi connectivity index (χ3n) is 5.46. The van der Waals surface area contributed by atoms with Gasteiger partial charge >= 0.3 is 0 Å². The van der Waals surface area contributed by atoms with E-state index >= 15 is 0 Å². The number of carbonyl (C=O) groups excluding carboxylic acids is 1. The fourth-order valence-electron chi connectivity index (χ4n) is 3.88. The molecular weight excluding hydrogens is 446 g/mol. The number of amides is 1. The third kappa shape index (κ3) is 6.34. The molecule has 0 unspecified atom stereocenters. The first-order chi connectivity index (χ1) is 15.7. The molecule has 1 amide bonds. The van der Waals surface area contributed by atoms with Crippen LogP contribution in [0, 0.1) is 0 Å². The van der Waals surface area contributed by atoms with Crippen LogP contribution in [0.4, 0.5) is 5.13 Å². The summed E-state index contributed by atoms with van der Waals surface area (Å²) >= 11 is 7.40. The first-order valence-corrected chi connectivity index (χ1v) is 11.9. The number of nitrogens with one attached hydrogen (secondary N) is 1. The summed E-state index contributed by atoms with van der Waals surface area (Å²) in [7, 11) is 0. The lowest BCUT2D eigenvalue weighted by atomic mass is 9.96. The van der Waals surface area contributed by atoms with E-state index in [1.54, 1.807) is 5.51 Å². The molecule has 0 saturated carbocycles. The summed E-state index contributed by atoms with van der Waals surface area (Å²) in [5.41, 5.74) is 4.11. The largest absolute Gasteiger partial charge is 0.370 e. The molecule has 4 rings (SSSR count). The van der Waals surface area contributed by atoms with Gasteiger partial charge in [0.25, 0.3) is 5.91 Å². The number of ether oxygens (including phenoxy) is 1. The van der Waals surface area contributed by atoms with Gasteiger partial charge in [-0.05, 0) is 23.3 Å². The van der Waals surface area contributed by atoms with E-state index < -0.39 is 0 Å². The van der Waals surface area contributed by atoms with Crippen LogP contribution >= 0.6 is 22.9 Å². The Morgan fingerprint density at radius 1 is 1.06 bits per heavy atom. The van der Waals surface area contributed by atoms with Crippen molar-refractivity contribution in [3.8, 4) is 0 Å². The predicted molar refractivity (Wildman–Crippen MR) is 127 cm³/mol. The van der Waals surface area contributed by atoms with Crippen LogP contribution in [-0.2, 0) is 9.53 Å². The van der Waals surface area contributed by atoms with Crippen molar-refractivity contribution in [1.82, 2.24) is 20.0 Å². The fraction of sp³-hybridized carbons (Fsp3) is 0.348. The molecule has 1 fully saturated rings. The minimum atomic E-state index is -0.208.